The van der Waals surface area contributed by atoms with E-state index in [0.29, 0.717) is 36.3 Å². The van der Waals surface area contributed by atoms with Crippen LogP contribution in [-0.4, -0.2) is 35.0 Å². The van der Waals surface area contributed by atoms with E-state index in [4.69, 9.17) is 28.6 Å². The molecule has 1 N–H and O–H groups in total. The number of carbonyl (C=O) groups is 2. The van der Waals surface area contributed by atoms with E-state index in [2.05, 4.69) is 5.32 Å². The van der Waals surface area contributed by atoms with E-state index in [9.17, 15) is 9.59 Å². The molecule has 5 nitrogen and oxygen atoms in total. The van der Waals surface area contributed by atoms with Crippen LogP contribution >= 0.6 is 23.8 Å². The maximum absolute atomic E-state index is 12.4. The second-order valence-corrected chi connectivity index (χ2v) is 7.20. The Bertz CT molecular complexity index is 830. The Morgan fingerprint density at radius 1 is 1.07 bits per heavy atom. The van der Waals surface area contributed by atoms with E-state index in [0.717, 1.165) is 11.1 Å². The van der Waals surface area contributed by atoms with Crippen LogP contribution in [0.1, 0.15) is 30.9 Å². The summed E-state index contributed by atoms with van der Waals surface area (Å²) in [6.07, 6.45) is 0.979. The van der Waals surface area contributed by atoms with Gasteiger partial charge in [0.2, 0.25) is 5.91 Å². The van der Waals surface area contributed by atoms with Crippen LogP contribution in [0.3, 0.4) is 0 Å². The second-order valence-electron chi connectivity index (χ2n) is 6.41. The van der Waals surface area contributed by atoms with Crippen LogP contribution in [0, 0.1) is 0 Å². The van der Waals surface area contributed by atoms with Crippen molar-refractivity contribution < 1.29 is 14.3 Å². The lowest BCUT2D eigenvalue weighted by Gasteiger charge is -2.25. The van der Waals surface area contributed by atoms with Crippen LogP contribution in [0.25, 0.3) is 0 Å². The first-order chi connectivity index (χ1) is 14.0. The molecule has 2 aromatic rings. The zero-order chi connectivity index (χ0) is 21.1. The number of nitrogens with one attached hydrogen (secondary N) is 1. The molecule has 0 aliphatic carbocycles. The lowest BCUT2D eigenvalue weighted by Crippen LogP contribution is -2.43. The highest BCUT2D eigenvalue weighted by atomic mass is 35.5. The van der Waals surface area contributed by atoms with Gasteiger partial charge in [0.15, 0.2) is 5.11 Å². The lowest BCUT2D eigenvalue weighted by atomic mass is 10.1. The molecular formula is C22H25ClN2O3S. The van der Waals surface area contributed by atoms with E-state index in [1.165, 1.54) is 0 Å². The monoisotopic (exact) mass is 432 g/mol. The van der Waals surface area contributed by atoms with Gasteiger partial charge in [-0.25, -0.2) is 0 Å². The standard InChI is InChI=1S/C22H25ClN2O3S/c1-2-28-21(27)14-15-25(16-17-8-4-3-5-9-17)22(29)24-20(26)13-12-18-10-6-7-11-19(18)23/h3-11H,2,12-16H2,1H3,(H,24,26,29). The van der Waals surface area contributed by atoms with Crippen molar-refractivity contribution in [2.45, 2.75) is 32.7 Å². The Kier molecular flexibility index (Phi) is 9.60. The van der Waals surface area contributed by atoms with E-state index in [-0.39, 0.29) is 24.7 Å². The summed E-state index contributed by atoms with van der Waals surface area (Å²) >= 11 is 11.6. The van der Waals surface area contributed by atoms with Crippen molar-refractivity contribution in [2.24, 2.45) is 0 Å². The third-order valence-corrected chi connectivity index (χ3v) is 4.95. The maximum atomic E-state index is 12.4. The summed E-state index contributed by atoms with van der Waals surface area (Å²) in [4.78, 5) is 25.9. The van der Waals surface area contributed by atoms with Crippen molar-refractivity contribution in [2.75, 3.05) is 13.2 Å². The molecule has 0 aliphatic heterocycles. The molecular weight excluding hydrogens is 408 g/mol. The molecule has 2 rings (SSSR count). The minimum atomic E-state index is -0.293. The SMILES string of the molecule is CCOC(=O)CCN(Cc1ccccc1)C(=S)NC(=O)CCc1ccccc1Cl. The van der Waals surface area contributed by atoms with E-state index >= 15 is 0 Å². The molecule has 2 aromatic carbocycles. The van der Waals surface area contributed by atoms with Gasteiger partial charge in [-0.1, -0.05) is 60.1 Å². The molecule has 0 aromatic heterocycles. The summed E-state index contributed by atoms with van der Waals surface area (Å²) in [6.45, 7) is 2.95. The zero-order valence-corrected chi connectivity index (χ0v) is 18.0. The molecule has 1 amide bonds. The first-order valence-corrected chi connectivity index (χ1v) is 10.3. The molecule has 154 valence electrons. The lowest BCUT2D eigenvalue weighted by molar-refractivity contribution is -0.143. The van der Waals surface area contributed by atoms with Crippen molar-refractivity contribution in [1.29, 1.82) is 0 Å². The molecule has 0 heterocycles. The van der Waals surface area contributed by atoms with Gasteiger partial charge in [-0.15, -0.1) is 0 Å². The van der Waals surface area contributed by atoms with Crippen molar-refractivity contribution in [3.63, 3.8) is 0 Å². The Morgan fingerprint density at radius 2 is 1.76 bits per heavy atom. The normalized spacial score (nSPS) is 10.3. The summed E-state index contributed by atoms with van der Waals surface area (Å²) < 4.78 is 4.99. The molecule has 29 heavy (non-hydrogen) atoms. The van der Waals surface area contributed by atoms with E-state index in [1.54, 1.807) is 17.9 Å². The maximum Gasteiger partial charge on any atom is 0.307 e. The molecule has 0 fully saturated rings. The minimum Gasteiger partial charge on any atom is -0.466 e. The second kappa shape index (κ2) is 12.2. The number of ether oxygens (including phenoxy) is 1. The van der Waals surface area contributed by atoms with Gasteiger partial charge < -0.3 is 15.0 Å². The van der Waals surface area contributed by atoms with Gasteiger partial charge in [-0.2, -0.15) is 0 Å². The smallest absolute Gasteiger partial charge is 0.307 e. The number of aryl methyl sites for hydroxylation is 1. The highest BCUT2D eigenvalue weighted by Gasteiger charge is 2.15. The number of benzene rings is 2. The van der Waals surface area contributed by atoms with Gasteiger partial charge in [0.25, 0.3) is 0 Å². The van der Waals surface area contributed by atoms with Crippen LogP contribution in [-0.2, 0) is 27.3 Å². The summed E-state index contributed by atoms with van der Waals surface area (Å²) in [5.74, 6) is -0.484. The number of thiocarbonyl (C=S) groups is 1. The number of halogens is 1. The third kappa shape index (κ3) is 8.21. The zero-order valence-electron chi connectivity index (χ0n) is 16.4. The Labute approximate surface area is 182 Å². The highest BCUT2D eigenvalue weighted by molar-refractivity contribution is 7.80. The molecule has 0 aliphatic rings. The van der Waals surface area contributed by atoms with Crippen LogP contribution < -0.4 is 5.32 Å². The number of carbonyl (C=O) groups excluding carboxylic acids is 2. The quantitative estimate of drug-likeness (QED) is 0.477. The van der Waals surface area contributed by atoms with Crippen LogP contribution in [0.2, 0.25) is 5.02 Å². The van der Waals surface area contributed by atoms with Gasteiger partial charge in [-0.3, -0.25) is 9.59 Å². The fourth-order valence-corrected chi connectivity index (χ4v) is 3.23. The topological polar surface area (TPSA) is 58.6 Å². The van der Waals surface area contributed by atoms with Gasteiger partial charge in [0.05, 0.1) is 13.0 Å². The molecule has 0 unspecified atom stereocenters. The summed E-state index contributed by atoms with van der Waals surface area (Å²) in [6, 6.07) is 17.2. The first-order valence-electron chi connectivity index (χ1n) is 9.51. The molecule has 7 heteroatoms. The summed E-state index contributed by atoms with van der Waals surface area (Å²) in [5.41, 5.74) is 1.95. The predicted molar refractivity (Wildman–Crippen MR) is 119 cm³/mol. The molecule has 0 radical (unpaired) electrons. The largest absolute Gasteiger partial charge is 0.466 e. The number of esters is 1. The average Bonchev–Trinajstić information content (AvgIpc) is 2.71. The fraction of sp³-hybridized carbons (Fsp3) is 0.318. The van der Waals surface area contributed by atoms with Crippen LogP contribution in [0.5, 0.6) is 0 Å². The Balaban J connectivity index is 1.94. The number of hydrogen-bond donors (Lipinski definition) is 1. The summed E-state index contributed by atoms with van der Waals surface area (Å²) in [7, 11) is 0. The van der Waals surface area contributed by atoms with E-state index in [1.807, 2.05) is 48.5 Å². The molecule has 0 saturated heterocycles. The third-order valence-electron chi connectivity index (χ3n) is 4.22. The molecule has 0 atom stereocenters. The minimum absolute atomic E-state index is 0.191. The van der Waals surface area contributed by atoms with Gasteiger partial charge in [0, 0.05) is 24.5 Å². The van der Waals surface area contributed by atoms with Crippen molar-refractivity contribution in [3.8, 4) is 0 Å². The predicted octanol–water partition coefficient (Wildman–Crippen LogP) is 4.13. The number of nitrogens with zero attached hydrogens (tertiary/aromatic N) is 1. The van der Waals surface area contributed by atoms with Crippen molar-refractivity contribution >= 4 is 40.8 Å². The number of hydrogen-bond acceptors (Lipinski definition) is 4. The van der Waals surface area contributed by atoms with Crippen LogP contribution in [0.4, 0.5) is 0 Å². The van der Waals surface area contributed by atoms with Gasteiger partial charge in [-0.05, 0) is 42.8 Å². The Hall–Kier alpha value is -2.44. The Morgan fingerprint density at radius 3 is 2.45 bits per heavy atom. The summed E-state index contributed by atoms with van der Waals surface area (Å²) in [5, 5.41) is 3.70. The van der Waals surface area contributed by atoms with Gasteiger partial charge in [0.1, 0.15) is 0 Å². The number of rotatable bonds is 9. The average molecular weight is 433 g/mol. The highest BCUT2D eigenvalue weighted by Crippen LogP contribution is 2.16. The molecule has 0 spiro atoms. The number of amides is 1. The molecule has 0 saturated carbocycles. The van der Waals surface area contributed by atoms with Crippen molar-refractivity contribution in [1.82, 2.24) is 10.2 Å². The molecule has 0 bridgehead atoms. The first kappa shape index (κ1) is 22.8. The van der Waals surface area contributed by atoms with E-state index < -0.39 is 0 Å². The fourth-order valence-electron chi connectivity index (χ4n) is 2.73. The van der Waals surface area contributed by atoms with Gasteiger partial charge >= 0.3 is 5.97 Å². The van der Waals surface area contributed by atoms with Crippen molar-refractivity contribution in [3.05, 3.63) is 70.7 Å². The van der Waals surface area contributed by atoms with Crippen LogP contribution in [0.15, 0.2) is 54.6 Å².